The summed E-state index contributed by atoms with van der Waals surface area (Å²) in [6, 6.07) is 0. The summed E-state index contributed by atoms with van der Waals surface area (Å²) < 4.78 is 0. The lowest BCUT2D eigenvalue weighted by molar-refractivity contribution is -0.168. The molecule has 0 aromatic heterocycles. The van der Waals surface area contributed by atoms with Crippen molar-refractivity contribution >= 4 is 0 Å². The third-order valence-corrected chi connectivity index (χ3v) is 10.0. The maximum atomic E-state index is 2.61. The summed E-state index contributed by atoms with van der Waals surface area (Å²) in [5.74, 6) is 12.1. The summed E-state index contributed by atoms with van der Waals surface area (Å²) in [5, 5.41) is 0. The van der Waals surface area contributed by atoms with Crippen LogP contribution in [0.4, 0.5) is 0 Å². The Labute approximate surface area is 157 Å². The van der Waals surface area contributed by atoms with E-state index in [1.165, 1.54) is 0 Å². The van der Waals surface area contributed by atoms with Crippen LogP contribution >= 0.6 is 0 Å². The fraction of sp³-hybridized carbons (Fsp3) is 1.00. The van der Waals surface area contributed by atoms with Crippen LogP contribution < -0.4 is 0 Å². The highest BCUT2D eigenvalue weighted by atomic mass is 14.6. The van der Waals surface area contributed by atoms with Crippen LogP contribution in [0.2, 0.25) is 0 Å². The van der Waals surface area contributed by atoms with Crippen molar-refractivity contribution in [3.63, 3.8) is 0 Å². The average Bonchev–Trinajstić information content (AvgIpc) is 2.65. The molecule has 0 N–H and O–H groups in total. The molecule has 0 heterocycles. The minimum absolute atomic E-state index is 1.02. The van der Waals surface area contributed by atoms with E-state index in [1.807, 2.05) is 13.8 Å². The molecule has 0 radical (unpaired) electrons. The number of hydrogen-bond acceptors (Lipinski definition) is 0. The second-order valence-electron chi connectivity index (χ2n) is 10.6. The van der Waals surface area contributed by atoms with Gasteiger partial charge < -0.3 is 0 Å². The smallest absolute Gasteiger partial charge is 0.0318 e. The Morgan fingerprint density at radius 2 is 0.840 bits per heavy atom. The van der Waals surface area contributed by atoms with Crippen LogP contribution in [0.3, 0.4) is 0 Å². The third-order valence-electron chi connectivity index (χ3n) is 10.0. The quantitative estimate of drug-likeness (QED) is 0.428. The molecule has 144 valence electrons. The Morgan fingerprint density at radius 3 is 1.44 bits per heavy atom. The highest BCUT2D eigenvalue weighted by Gasteiger charge is 2.59. The van der Waals surface area contributed by atoms with Gasteiger partial charge in [0.05, 0.1) is 0 Å². The number of rotatable bonds is 0. The zero-order valence-corrected chi connectivity index (χ0v) is 17.7. The molecule has 0 bridgehead atoms. The van der Waals surface area contributed by atoms with Gasteiger partial charge in [0.15, 0.2) is 0 Å². The van der Waals surface area contributed by atoms with Crippen molar-refractivity contribution in [3.8, 4) is 0 Å². The summed E-state index contributed by atoms with van der Waals surface area (Å²) in [6.45, 7) is 11.8. The molecule has 5 aliphatic carbocycles. The molecule has 0 nitrogen and oxygen atoms in total. The minimum atomic E-state index is 1.02. The molecule has 0 aromatic rings. The van der Waals surface area contributed by atoms with E-state index >= 15 is 0 Å². The molecule has 25 heavy (non-hydrogen) atoms. The molecule has 5 rings (SSSR count). The lowest BCUT2D eigenvalue weighted by atomic mass is 9.40. The standard InChI is InChI=1S/C23H38.C2H6/c1-13-7-10-18-20-12-9-15(3)21-14(2)8-11-19(23(20)21)17-6-4-5-16(13)22(17)18;1-2/h13-23H,4-12H2,1-3H3;1-2H3. The molecule has 5 aliphatic rings. The lowest BCUT2D eigenvalue weighted by Crippen LogP contribution is -2.59. The van der Waals surface area contributed by atoms with Gasteiger partial charge in [-0.05, 0) is 97.2 Å². The first-order chi connectivity index (χ1) is 12.2. The number of hydrogen-bond donors (Lipinski definition) is 0. The van der Waals surface area contributed by atoms with E-state index in [9.17, 15) is 0 Å². The van der Waals surface area contributed by atoms with Gasteiger partial charge in [-0.25, -0.2) is 0 Å². The van der Waals surface area contributed by atoms with E-state index in [2.05, 4.69) is 20.8 Å². The van der Waals surface area contributed by atoms with E-state index < -0.39 is 0 Å². The van der Waals surface area contributed by atoms with Crippen molar-refractivity contribution in [1.82, 2.24) is 0 Å². The second-order valence-corrected chi connectivity index (χ2v) is 10.6. The zero-order valence-electron chi connectivity index (χ0n) is 17.7. The SMILES string of the molecule is CC.CC1CCC2C3CCC(C)C4C(C)CCC(C5CCCC1C52)C34. The molecule has 0 spiro atoms. The van der Waals surface area contributed by atoms with E-state index in [0.29, 0.717) is 0 Å². The van der Waals surface area contributed by atoms with Crippen LogP contribution in [0.25, 0.3) is 0 Å². The highest BCUT2D eigenvalue weighted by Crippen LogP contribution is 2.66. The van der Waals surface area contributed by atoms with E-state index in [4.69, 9.17) is 0 Å². The maximum absolute atomic E-state index is 2.61. The lowest BCUT2D eigenvalue weighted by Gasteiger charge is -2.65. The Kier molecular flexibility index (Phi) is 5.29. The van der Waals surface area contributed by atoms with Gasteiger partial charge in [0, 0.05) is 0 Å². The predicted molar refractivity (Wildman–Crippen MR) is 108 cm³/mol. The zero-order chi connectivity index (χ0) is 17.7. The fourth-order valence-corrected chi connectivity index (χ4v) is 9.34. The van der Waals surface area contributed by atoms with Crippen molar-refractivity contribution in [2.24, 2.45) is 65.1 Å². The van der Waals surface area contributed by atoms with Crippen LogP contribution in [0, 0.1) is 65.1 Å². The normalized spacial score (nSPS) is 56.8. The fourth-order valence-electron chi connectivity index (χ4n) is 9.34. The van der Waals surface area contributed by atoms with Gasteiger partial charge in [-0.15, -0.1) is 0 Å². The molecule has 0 heteroatoms. The van der Waals surface area contributed by atoms with Crippen molar-refractivity contribution in [2.45, 2.75) is 92.4 Å². The molecule has 0 aromatic carbocycles. The molecule has 11 atom stereocenters. The monoisotopic (exact) mass is 344 g/mol. The third kappa shape index (κ3) is 2.75. The van der Waals surface area contributed by atoms with Gasteiger partial charge >= 0.3 is 0 Å². The first kappa shape index (κ1) is 18.4. The van der Waals surface area contributed by atoms with E-state index in [0.717, 1.165) is 65.1 Å². The van der Waals surface area contributed by atoms with Gasteiger partial charge in [0.2, 0.25) is 0 Å². The predicted octanol–water partition coefficient (Wildman–Crippen LogP) is 7.43. The molecule has 0 amide bonds. The molecular formula is C25H44. The molecule has 11 unspecified atom stereocenters. The van der Waals surface area contributed by atoms with E-state index in [1.54, 1.807) is 57.8 Å². The highest BCUT2D eigenvalue weighted by molar-refractivity contribution is 5.08. The van der Waals surface area contributed by atoms with Gasteiger partial charge in [0.25, 0.3) is 0 Å². The van der Waals surface area contributed by atoms with Crippen molar-refractivity contribution < 1.29 is 0 Å². The molecule has 5 saturated carbocycles. The maximum Gasteiger partial charge on any atom is -0.0318 e. The summed E-state index contributed by atoms with van der Waals surface area (Å²) in [5.41, 5.74) is 0. The molecular weight excluding hydrogens is 300 g/mol. The van der Waals surface area contributed by atoms with E-state index in [-0.39, 0.29) is 0 Å². The molecule has 0 saturated heterocycles. The number of fused-ring (bicyclic) bond motifs is 2. The Bertz CT molecular complexity index is 429. The summed E-state index contributed by atoms with van der Waals surface area (Å²) in [7, 11) is 0. The summed E-state index contributed by atoms with van der Waals surface area (Å²) in [4.78, 5) is 0. The Balaban J connectivity index is 0.000000758. The molecule has 0 aliphatic heterocycles. The minimum Gasteiger partial charge on any atom is -0.0683 e. The average molecular weight is 345 g/mol. The van der Waals surface area contributed by atoms with Crippen LogP contribution in [-0.2, 0) is 0 Å². The van der Waals surface area contributed by atoms with Crippen molar-refractivity contribution in [2.75, 3.05) is 0 Å². The van der Waals surface area contributed by atoms with Crippen LogP contribution in [0.5, 0.6) is 0 Å². The van der Waals surface area contributed by atoms with Crippen molar-refractivity contribution in [1.29, 1.82) is 0 Å². The van der Waals surface area contributed by atoms with Gasteiger partial charge in [-0.3, -0.25) is 0 Å². The molecule has 5 fully saturated rings. The first-order valence-electron chi connectivity index (χ1n) is 12.2. The first-order valence-corrected chi connectivity index (χ1v) is 12.2. The van der Waals surface area contributed by atoms with Gasteiger partial charge in [-0.1, -0.05) is 60.3 Å². The van der Waals surface area contributed by atoms with Crippen LogP contribution in [-0.4, -0.2) is 0 Å². The van der Waals surface area contributed by atoms with Gasteiger partial charge in [0.1, 0.15) is 0 Å². The summed E-state index contributed by atoms with van der Waals surface area (Å²) in [6.07, 6.45) is 14.2. The largest absolute Gasteiger partial charge is 0.0683 e. The Morgan fingerprint density at radius 1 is 0.400 bits per heavy atom. The van der Waals surface area contributed by atoms with Crippen LogP contribution in [0.15, 0.2) is 0 Å². The van der Waals surface area contributed by atoms with Crippen LogP contribution in [0.1, 0.15) is 92.4 Å². The Hall–Kier alpha value is 0. The van der Waals surface area contributed by atoms with Crippen molar-refractivity contribution in [3.05, 3.63) is 0 Å². The summed E-state index contributed by atoms with van der Waals surface area (Å²) >= 11 is 0. The topological polar surface area (TPSA) is 0 Å². The van der Waals surface area contributed by atoms with Gasteiger partial charge in [-0.2, -0.15) is 0 Å². The second kappa shape index (κ2) is 7.20.